The number of hydrogen-bond acceptors (Lipinski definition) is 1. The number of rotatable bonds is 0. The summed E-state index contributed by atoms with van der Waals surface area (Å²) in [5, 5.41) is 0. The predicted molar refractivity (Wildman–Crippen MR) is 42.7 cm³/mol. The summed E-state index contributed by atoms with van der Waals surface area (Å²) >= 11 is 3.89. The van der Waals surface area contributed by atoms with Gasteiger partial charge in [0.25, 0.3) is 0 Å². The molecule has 0 aliphatic carbocycles. The van der Waals surface area contributed by atoms with Gasteiger partial charge in [-0.3, -0.25) is 0 Å². The fourth-order valence-corrected chi connectivity index (χ4v) is 0. The summed E-state index contributed by atoms with van der Waals surface area (Å²) in [5.41, 5.74) is 0. The first-order valence-corrected chi connectivity index (χ1v) is 1.84. The van der Waals surface area contributed by atoms with E-state index in [9.17, 15) is 0 Å². The van der Waals surface area contributed by atoms with E-state index in [-0.39, 0.29) is 53.7 Å². The molecule has 5 heteroatoms. The maximum atomic E-state index is 3.89. The van der Waals surface area contributed by atoms with Crippen LogP contribution in [-0.2, 0) is 11.8 Å². The number of hydrogen-bond donors (Lipinski definition) is 0. The first-order valence-electron chi connectivity index (χ1n) is 0.204. The van der Waals surface area contributed by atoms with Gasteiger partial charge in [-0.1, -0.05) is 11.8 Å². The van der Waals surface area contributed by atoms with Crippen molar-refractivity contribution in [1.82, 2.24) is 0 Å². The third kappa shape index (κ3) is 23.0. The molecule has 0 N–H and O–H groups in total. The molecule has 0 aromatic heterocycles. The molecule has 0 saturated carbocycles. The molecule has 0 fully saturated rings. The van der Waals surface area contributed by atoms with Gasteiger partial charge in [0.1, 0.15) is 0 Å². The van der Waals surface area contributed by atoms with Gasteiger partial charge in [0.2, 0.25) is 0 Å². The van der Waals surface area contributed by atoms with Crippen molar-refractivity contribution in [3.63, 3.8) is 0 Å². The van der Waals surface area contributed by atoms with Gasteiger partial charge in [0, 0.05) is 0 Å². The zero-order valence-electron chi connectivity index (χ0n) is 1.62. The van der Waals surface area contributed by atoms with Gasteiger partial charge in [0.15, 0.2) is 0 Å². The second-order valence-electron chi connectivity index (χ2n) is 0. The Kier molecular flexibility index (Phi) is 194. The topological polar surface area (TPSA) is 0 Å². The molecule has 5 heavy (non-hydrogen) atoms. The van der Waals surface area contributed by atoms with Gasteiger partial charge in [0.05, 0.1) is 0 Å². The third-order valence-electron chi connectivity index (χ3n) is 0. The Bertz CT molecular complexity index is 11.6. The molecule has 0 heterocycles. The standard InChI is InChI=1S/Li.HPS.H4Si.Sn.3H/c;1-2;;;;;/h;1H;1H4;;;;. The molecule has 0 aliphatic heterocycles. The molecule has 0 nitrogen and oxygen atoms in total. The third-order valence-corrected chi connectivity index (χ3v) is 0. The van der Waals surface area contributed by atoms with E-state index in [1.165, 1.54) is 0 Å². The van der Waals surface area contributed by atoms with Gasteiger partial charge >= 0.3 is 42.8 Å². The summed E-state index contributed by atoms with van der Waals surface area (Å²) < 4.78 is 0. The predicted octanol–water partition coefficient (Wildman–Crippen LogP) is -2.43. The van der Waals surface area contributed by atoms with Gasteiger partial charge in [-0.05, 0) is 19.0 Å². The Labute approximate surface area is 72.9 Å². The zero-order valence-corrected chi connectivity index (χ0v) is 7.47. The first-order chi connectivity index (χ1) is 1.00. The van der Waals surface area contributed by atoms with Gasteiger partial charge in [-0.15, -0.1) is 0 Å². The summed E-state index contributed by atoms with van der Waals surface area (Å²) in [6.45, 7) is 0. The Hall–Kier alpha value is 2.13. The van der Waals surface area contributed by atoms with Crippen molar-refractivity contribution in [3.8, 4) is 0 Å². The van der Waals surface area contributed by atoms with E-state index in [1.54, 1.807) is 0 Å². The molecule has 0 aromatic rings. The van der Waals surface area contributed by atoms with Crippen LogP contribution >= 0.6 is 8.02 Å². The Balaban J connectivity index is -0.00000000167. The van der Waals surface area contributed by atoms with Crippen LogP contribution in [0.1, 0.15) is 0 Å². The maximum absolute atomic E-state index is 3.89. The molecule has 0 unspecified atom stereocenters. The van der Waals surface area contributed by atoms with Crippen LogP contribution in [-0.4, -0.2) is 53.7 Å². The molecule has 0 spiro atoms. The van der Waals surface area contributed by atoms with Crippen LogP contribution in [0.5, 0.6) is 0 Å². The fourth-order valence-electron chi connectivity index (χ4n) is 0. The Morgan fingerprint density at radius 1 is 1.20 bits per heavy atom. The van der Waals surface area contributed by atoms with E-state index in [0.29, 0.717) is 0 Å². The van der Waals surface area contributed by atoms with Crippen molar-refractivity contribution in [2.24, 2.45) is 0 Å². The second kappa shape index (κ2) is 35.5. The van der Waals surface area contributed by atoms with Crippen LogP contribution in [0.3, 0.4) is 0 Å². The minimum absolute atomic E-state index is 0. The van der Waals surface area contributed by atoms with Crippen molar-refractivity contribution >= 4 is 73.6 Å². The monoisotopic (exact) mass is 226 g/mol. The molecular formula is H8LiPSSiSn. The van der Waals surface area contributed by atoms with Crippen LogP contribution in [0.2, 0.25) is 0 Å². The van der Waals surface area contributed by atoms with Crippen LogP contribution < -0.4 is 0 Å². The van der Waals surface area contributed by atoms with Gasteiger partial charge in [-0.25, -0.2) is 0 Å². The van der Waals surface area contributed by atoms with E-state index < -0.39 is 0 Å². The minimum atomic E-state index is 0. The van der Waals surface area contributed by atoms with Crippen LogP contribution in [0, 0.1) is 0 Å². The average Bonchev–Trinajstić information content (AvgIpc) is 1.00. The van der Waals surface area contributed by atoms with Crippen LogP contribution in [0.15, 0.2) is 0 Å². The summed E-state index contributed by atoms with van der Waals surface area (Å²) in [6, 6.07) is 0. The summed E-state index contributed by atoms with van der Waals surface area (Å²) in [6.07, 6.45) is 0. The normalized spacial score (nSPS) is 0.800. The first kappa shape index (κ1) is 27.3. The SMILES string of the molecule is P=S.[LiH].[SiH4].[SnH2]. The van der Waals surface area contributed by atoms with E-state index in [4.69, 9.17) is 0 Å². The zero-order chi connectivity index (χ0) is 2.00. The molecule has 0 saturated heterocycles. The van der Waals surface area contributed by atoms with E-state index in [2.05, 4.69) is 19.8 Å². The summed E-state index contributed by atoms with van der Waals surface area (Å²) in [7, 11) is 2.56. The average molecular weight is 225 g/mol. The molecule has 0 amide bonds. The molecule has 0 bridgehead atoms. The molecule has 0 rings (SSSR count). The Morgan fingerprint density at radius 2 is 1.20 bits per heavy atom. The molecular weight excluding hydrogens is 217 g/mol. The van der Waals surface area contributed by atoms with E-state index in [0.717, 1.165) is 0 Å². The van der Waals surface area contributed by atoms with Crippen molar-refractivity contribution in [1.29, 1.82) is 0 Å². The molecule has 0 aliphatic rings. The van der Waals surface area contributed by atoms with Crippen LogP contribution in [0.4, 0.5) is 0 Å². The van der Waals surface area contributed by atoms with Crippen LogP contribution in [0.25, 0.3) is 0 Å². The van der Waals surface area contributed by atoms with Crippen molar-refractivity contribution < 1.29 is 0 Å². The van der Waals surface area contributed by atoms with E-state index >= 15 is 0 Å². The van der Waals surface area contributed by atoms with Gasteiger partial charge < -0.3 is 0 Å². The molecule has 2 radical (unpaired) electrons. The van der Waals surface area contributed by atoms with E-state index in [1.807, 2.05) is 0 Å². The van der Waals surface area contributed by atoms with Crippen molar-refractivity contribution in [3.05, 3.63) is 0 Å². The Morgan fingerprint density at radius 3 is 1.20 bits per heavy atom. The van der Waals surface area contributed by atoms with Gasteiger partial charge in [-0.2, -0.15) is 0 Å². The fraction of sp³-hybridized carbons (Fsp3) is 0. The second-order valence-corrected chi connectivity index (χ2v) is 0. The van der Waals surface area contributed by atoms with Crippen molar-refractivity contribution in [2.75, 3.05) is 0 Å². The molecule has 0 aromatic carbocycles. The molecule has 0 atom stereocenters. The summed E-state index contributed by atoms with van der Waals surface area (Å²) in [4.78, 5) is 0. The quantitative estimate of drug-likeness (QED) is 0.326. The molecule has 28 valence electrons. The van der Waals surface area contributed by atoms with Crippen molar-refractivity contribution in [2.45, 2.75) is 0 Å². The summed E-state index contributed by atoms with van der Waals surface area (Å²) in [5.74, 6) is 0.